The van der Waals surface area contributed by atoms with Crippen molar-refractivity contribution in [2.45, 2.75) is 18.7 Å². The fraction of sp³-hybridized carbons (Fsp3) is 0.500. The first-order valence-corrected chi connectivity index (χ1v) is 8.40. The lowest BCUT2D eigenvalue weighted by molar-refractivity contribution is 0.135. The molecule has 1 aromatic rings. The number of nitrogens with two attached hydrogens (primary N) is 1. The van der Waals surface area contributed by atoms with Gasteiger partial charge in [0.2, 0.25) is 10.0 Å². The third kappa shape index (κ3) is 3.91. The van der Waals surface area contributed by atoms with Gasteiger partial charge in [-0.1, -0.05) is 6.92 Å². The van der Waals surface area contributed by atoms with E-state index in [2.05, 4.69) is 15.9 Å². The maximum absolute atomic E-state index is 13.3. The van der Waals surface area contributed by atoms with Crippen LogP contribution in [-0.4, -0.2) is 39.0 Å². The molecule has 0 amide bonds. The Hall–Kier alpha value is -0.700. The topological polar surface area (TPSA) is 72.6 Å². The zero-order chi connectivity index (χ0) is 15.3. The van der Waals surface area contributed by atoms with E-state index in [1.807, 2.05) is 6.92 Å². The first kappa shape index (κ1) is 17.4. The molecule has 8 heteroatoms. The van der Waals surface area contributed by atoms with Crippen molar-refractivity contribution >= 4 is 31.6 Å². The van der Waals surface area contributed by atoms with E-state index in [0.29, 0.717) is 13.2 Å². The molecule has 0 heterocycles. The minimum atomic E-state index is -3.77. The summed E-state index contributed by atoms with van der Waals surface area (Å²) in [4.78, 5) is -0.107. The van der Waals surface area contributed by atoms with Crippen LogP contribution in [-0.2, 0) is 14.8 Å². The summed E-state index contributed by atoms with van der Waals surface area (Å²) >= 11 is 2.97. The standard InChI is InChI=1S/C12H18BrFN2O3S/c1-3-16(5-6-19-4-2)20(17,18)12-7-9(13)10(14)8-11(12)15/h7-8H,3-6,15H2,1-2H3. The van der Waals surface area contributed by atoms with Gasteiger partial charge in [-0.15, -0.1) is 0 Å². The van der Waals surface area contributed by atoms with Crippen LogP contribution in [0.25, 0.3) is 0 Å². The van der Waals surface area contributed by atoms with Crippen LogP contribution in [0.1, 0.15) is 13.8 Å². The molecule has 0 bridgehead atoms. The van der Waals surface area contributed by atoms with Gasteiger partial charge in [-0.3, -0.25) is 0 Å². The summed E-state index contributed by atoms with van der Waals surface area (Å²) in [6.07, 6.45) is 0. The lowest BCUT2D eigenvalue weighted by Crippen LogP contribution is -2.34. The zero-order valence-corrected chi connectivity index (χ0v) is 13.8. The Morgan fingerprint density at radius 2 is 2.05 bits per heavy atom. The third-order valence-electron chi connectivity index (χ3n) is 2.71. The highest BCUT2D eigenvalue weighted by molar-refractivity contribution is 9.10. The van der Waals surface area contributed by atoms with Crippen LogP contribution in [0.4, 0.5) is 10.1 Å². The fourth-order valence-electron chi connectivity index (χ4n) is 1.67. The average Bonchev–Trinajstić information content (AvgIpc) is 2.38. The molecule has 1 rings (SSSR count). The van der Waals surface area contributed by atoms with Crippen molar-refractivity contribution < 1.29 is 17.5 Å². The van der Waals surface area contributed by atoms with Gasteiger partial charge in [-0.2, -0.15) is 4.31 Å². The van der Waals surface area contributed by atoms with E-state index in [1.54, 1.807) is 6.92 Å². The monoisotopic (exact) mass is 368 g/mol. The second kappa shape index (κ2) is 7.35. The fourth-order valence-corrected chi connectivity index (χ4v) is 3.72. The molecule has 0 aromatic heterocycles. The van der Waals surface area contributed by atoms with Crippen LogP contribution < -0.4 is 5.73 Å². The predicted molar refractivity (Wildman–Crippen MR) is 79.4 cm³/mol. The summed E-state index contributed by atoms with van der Waals surface area (Å²) in [5.74, 6) is -0.598. The van der Waals surface area contributed by atoms with E-state index in [9.17, 15) is 12.8 Å². The van der Waals surface area contributed by atoms with Gasteiger partial charge in [0.15, 0.2) is 0 Å². The maximum Gasteiger partial charge on any atom is 0.245 e. The molecule has 2 N–H and O–H groups in total. The number of benzene rings is 1. The Kier molecular flexibility index (Phi) is 6.38. The molecule has 0 aliphatic rings. The van der Waals surface area contributed by atoms with Crippen molar-refractivity contribution in [2.24, 2.45) is 0 Å². The molecule has 0 spiro atoms. The molecule has 0 aliphatic carbocycles. The number of hydrogen-bond acceptors (Lipinski definition) is 4. The van der Waals surface area contributed by atoms with Crippen LogP contribution in [0.5, 0.6) is 0 Å². The van der Waals surface area contributed by atoms with Crippen molar-refractivity contribution in [2.75, 3.05) is 32.0 Å². The first-order valence-electron chi connectivity index (χ1n) is 6.17. The van der Waals surface area contributed by atoms with Crippen molar-refractivity contribution in [3.8, 4) is 0 Å². The minimum absolute atomic E-state index is 0.0612. The van der Waals surface area contributed by atoms with Gasteiger partial charge in [0, 0.05) is 19.7 Å². The summed E-state index contributed by atoms with van der Waals surface area (Å²) in [6.45, 7) is 4.87. The maximum atomic E-state index is 13.3. The Balaban J connectivity index is 3.11. The van der Waals surface area contributed by atoms with Crippen LogP contribution in [0, 0.1) is 5.82 Å². The highest BCUT2D eigenvalue weighted by Gasteiger charge is 2.26. The Labute approximate surface area is 127 Å². The normalized spacial score (nSPS) is 12.1. The molecule has 0 saturated heterocycles. The summed E-state index contributed by atoms with van der Waals surface area (Å²) in [6, 6.07) is 2.18. The first-order chi connectivity index (χ1) is 9.34. The van der Waals surface area contributed by atoms with E-state index >= 15 is 0 Å². The number of nitrogens with zero attached hydrogens (tertiary/aromatic N) is 1. The number of likely N-dealkylation sites (N-methyl/N-ethyl adjacent to an activating group) is 1. The molecule has 0 saturated carbocycles. The number of ether oxygens (including phenoxy) is 1. The average molecular weight is 369 g/mol. The van der Waals surface area contributed by atoms with Gasteiger partial charge < -0.3 is 10.5 Å². The molecule has 0 fully saturated rings. The highest BCUT2D eigenvalue weighted by Crippen LogP contribution is 2.28. The number of rotatable bonds is 7. The summed E-state index contributed by atoms with van der Waals surface area (Å²) in [5, 5.41) is 0. The minimum Gasteiger partial charge on any atom is -0.398 e. The van der Waals surface area contributed by atoms with E-state index in [4.69, 9.17) is 10.5 Å². The van der Waals surface area contributed by atoms with E-state index in [-0.39, 0.29) is 28.1 Å². The van der Waals surface area contributed by atoms with Crippen LogP contribution in [0.3, 0.4) is 0 Å². The second-order valence-electron chi connectivity index (χ2n) is 4.00. The predicted octanol–water partition coefficient (Wildman–Crippen LogP) is 2.22. The molecule has 114 valence electrons. The zero-order valence-electron chi connectivity index (χ0n) is 11.4. The summed E-state index contributed by atoms with van der Waals surface area (Å²) in [5.41, 5.74) is 5.52. The molecule has 0 unspecified atom stereocenters. The van der Waals surface area contributed by atoms with Crippen LogP contribution in [0.15, 0.2) is 21.5 Å². The number of hydrogen-bond donors (Lipinski definition) is 1. The molecule has 1 aromatic carbocycles. The van der Waals surface area contributed by atoms with Crippen LogP contribution in [0.2, 0.25) is 0 Å². The Morgan fingerprint density at radius 1 is 1.40 bits per heavy atom. The van der Waals surface area contributed by atoms with Gasteiger partial charge in [0.05, 0.1) is 16.8 Å². The smallest absolute Gasteiger partial charge is 0.245 e. The number of nitrogen functional groups attached to an aromatic ring is 1. The Bertz CT molecular complexity index is 566. The number of sulfonamides is 1. The SMILES string of the molecule is CCOCCN(CC)S(=O)(=O)c1cc(Br)c(F)cc1N. The largest absolute Gasteiger partial charge is 0.398 e. The van der Waals surface area contributed by atoms with Crippen LogP contribution >= 0.6 is 15.9 Å². The van der Waals surface area contributed by atoms with E-state index in [0.717, 1.165) is 6.07 Å². The summed E-state index contributed by atoms with van der Waals surface area (Å²) < 4.78 is 44.8. The van der Waals surface area contributed by atoms with Gasteiger partial charge in [-0.25, -0.2) is 12.8 Å². The van der Waals surface area contributed by atoms with E-state index < -0.39 is 15.8 Å². The van der Waals surface area contributed by atoms with Gasteiger partial charge in [-0.05, 0) is 35.0 Å². The molecular formula is C12H18BrFN2O3S. The number of halogens is 2. The quantitative estimate of drug-likeness (QED) is 0.591. The van der Waals surface area contributed by atoms with Crippen molar-refractivity contribution in [1.29, 1.82) is 0 Å². The lowest BCUT2D eigenvalue weighted by atomic mass is 10.3. The Morgan fingerprint density at radius 3 is 2.60 bits per heavy atom. The number of anilines is 1. The van der Waals surface area contributed by atoms with Gasteiger partial charge >= 0.3 is 0 Å². The van der Waals surface area contributed by atoms with Crippen molar-refractivity contribution in [1.82, 2.24) is 4.31 Å². The van der Waals surface area contributed by atoms with E-state index in [1.165, 1.54) is 10.4 Å². The molecule has 0 atom stereocenters. The second-order valence-corrected chi connectivity index (χ2v) is 6.76. The van der Waals surface area contributed by atoms with Crippen molar-refractivity contribution in [3.63, 3.8) is 0 Å². The van der Waals surface area contributed by atoms with Gasteiger partial charge in [0.1, 0.15) is 10.7 Å². The molecule has 0 aliphatic heterocycles. The summed E-state index contributed by atoms with van der Waals surface area (Å²) in [7, 11) is -3.77. The van der Waals surface area contributed by atoms with Gasteiger partial charge in [0.25, 0.3) is 0 Å². The lowest BCUT2D eigenvalue weighted by Gasteiger charge is -2.21. The molecule has 5 nitrogen and oxygen atoms in total. The third-order valence-corrected chi connectivity index (χ3v) is 5.35. The molecular weight excluding hydrogens is 351 g/mol. The van der Waals surface area contributed by atoms with Crippen molar-refractivity contribution in [3.05, 3.63) is 22.4 Å². The highest BCUT2D eigenvalue weighted by atomic mass is 79.9. The molecule has 0 radical (unpaired) electrons. The molecule has 20 heavy (non-hydrogen) atoms.